The van der Waals surface area contributed by atoms with Gasteiger partial charge in [-0.25, -0.2) is 0 Å². The van der Waals surface area contributed by atoms with Gasteiger partial charge in [-0.15, -0.1) is 24.0 Å². The van der Waals surface area contributed by atoms with Crippen LogP contribution in [0.1, 0.15) is 69.4 Å². The maximum Gasteiger partial charge on any atom is 0.306 e. The minimum atomic E-state index is -0.0914. The van der Waals surface area contributed by atoms with Crippen LogP contribution in [0.2, 0.25) is 0 Å². The highest BCUT2D eigenvalue weighted by molar-refractivity contribution is 14.0. The van der Waals surface area contributed by atoms with Crippen LogP contribution < -0.4 is 10.6 Å². The van der Waals surface area contributed by atoms with Gasteiger partial charge in [0.2, 0.25) is 0 Å². The van der Waals surface area contributed by atoms with E-state index in [9.17, 15) is 4.79 Å². The van der Waals surface area contributed by atoms with Crippen LogP contribution in [-0.2, 0) is 28.9 Å². The molecule has 0 spiro atoms. The van der Waals surface area contributed by atoms with Gasteiger partial charge in [0, 0.05) is 38.5 Å². The fourth-order valence-corrected chi connectivity index (χ4v) is 3.22. The maximum atomic E-state index is 11.8. The molecule has 0 saturated heterocycles. The van der Waals surface area contributed by atoms with Crippen molar-refractivity contribution in [2.45, 2.75) is 77.9 Å². The second kappa shape index (κ2) is 13.0. The molecule has 2 rings (SSSR count). The Labute approximate surface area is 179 Å². The second-order valence-corrected chi connectivity index (χ2v) is 6.59. The first-order chi connectivity index (χ1) is 12.7. The maximum absolute atomic E-state index is 11.8. The van der Waals surface area contributed by atoms with Gasteiger partial charge in [-0.2, -0.15) is 0 Å². The summed E-state index contributed by atoms with van der Waals surface area (Å²) >= 11 is 0. The predicted molar refractivity (Wildman–Crippen MR) is 116 cm³/mol. The van der Waals surface area contributed by atoms with Crippen molar-refractivity contribution in [2.24, 2.45) is 4.99 Å². The Morgan fingerprint density at radius 3 is 2.63 bits per heavy atom. The average molecular weight is 492 g/mol. The van der Waals surface area contributed by atoms with E-state index in [2.05, 4.69) is 34.6 Å². The molecule has 1 aliphatic carbocycles. The van der Waals surface area contributed by atoms with Crippen molar-refractivity contribution in [3.63, 3.8) is 0 Å². The van der Waals surface area contributed by atoms with Crippen molar-refractivity contribution in [2.75, 3.05) is 13.6 Å². The molecule has 7 nitrogen and oxygen atoms in total. The molecule has 0 amide bonds. The molecule has 0 radical (unpaired) electrons. The third kappa shape index (κ3) is 7.67. The number of guanidine groups is 1. The Bertz CT molecular complexity index is 576. The van der Waals surface area contributed by atoms with Gasteiger partial charge in [-0.3, -0.25) is 9.79 Å². The Kier molecular flexibility index (Phi) is 11.4. The minimum absolute atomic E-state index is 0. The first kappa shape index (κ1) is 23.7. The van der Waals surface area contributed by atoms with Gasteiger partial charge in [-0.1, -0.05) is 19.0 Å². The zero-order chi connectivity index (χ0) is 18.8. The van der Waals surface area contributed by atoms with E-state index in [1.165, 1.54) is 12.8 Å². The largest absolute Gasteiger partial charge is 0.462 e. The highest BCUT2D eigenvalue weighted by Gasteiger charge is 2.18. The van der Waals surface area contributed by atoms with Crippen LogP contribution >= 0.6 is 24.0 Å². The van der Waals surface area contributed by atoms with Gasteiger partial charge < -0.3 is 19.9 Å². The zero-order valence-corrected chi connectivity index (χ0v) is 19.0. The number of aromatic nitrogens is 1. The lowest BCUT2D eigenvalue weighted by Crippen LogP contribution is -2.37. The lowest BCUT2D eigenvalue weighted by molar-refractivity contribution is -0.148. The molecule has 1 saturated carbocycles. The van der Waals surface area contributed by atoms with Gasteiger partial charge in [0.05, 0.1) is 5.69 Å². The molecule has 154 valence electrons. The molecule has 1 fully saturated rings. The minimum Gasteiger partial charge on any atom is -0.462 e. The number of nitrogens with one attached hydrogen (secondary N) is 2. The number of carbonyl (C=O) groups excluding carboxylic acids is 1. The van der Waals surface area contributed by atoms with E-state index in [1.807, 2.05) is 0 Å². The quantitative estimate of drug-likeness (QED) is 0.181. The summed E-state index contributed by atoms with van der Waals surface area (Å²) in [7, 11) is 1.73. The first-order valence-electron chi connectivity index (χ1n) is 9.78. The number of hydrogen-bond donors (Lipinski definition) is 2. The number of ether oxygens (including phenoxy) is 1. The summed E-state index contributed by atoms with van der Waals surface area (Å²) in [5.41, 5.74) is 2.09. The molecule has 0 atom stereocenters. The number of halogens is 1. The third-order valence-electron chi connectivity index (χ3n) is 4.71. The average Bonchev–Trinajstić information content (AvgIpc) is 3.30. The summed E-state index contributed by atoms with van der Waals surface area (Å²) in [5.74, 6) is 1.53. The SMILES string of the molecule is CCc1noc(CC)c1CNC(=NC)NCCCC(=O)OC1CCCC1.I. The molecule has 0 unspecified atom stereocenters. The van der Waals surface area contributed by atoms with Crippen molar-refractivity contribution >= 4 is 35.9 Å². The Hall–Kier alpha value is -1.32. The Balaban J connectivity index is 0.00000364. The van der Waals surface area contributed by atoms with Gasteiger partial charge >= 0.3 is 5.97 Å². The number of rotatable bonds is 9. The summed E-state index contributed by atoms with van der Waals surface area (Å²) in [5, 5.41) is 10.6. The molecule has 8 heteroatoms. The fourth-order valence-electron chi connectivity index (χ4n) is 3.22. The second-order valence-electron chi connectivity index (χ2n) is 6.59. The Morgan fingerprint density at radius 1 is 1.26 bits per heavy atom. The molecule has 2 N–H and O–H groups in total. The standard InChI is InChI=1S/C19H32N4O3.HI/c1-4-16-15(17(5-2)26-23-16)13-22-19(20-3)21-12-8-11-18(24)25-14-9-6-7-10-14;/h14H,4-13H2,1-3H3,(H2,20,21,22);1H. The van der Waals surface area contributed by atoms with E-state index < -0.39 is 0 Å². The van der Waals surface area contributed by atoms with Crippen molar-refractivity contribution in [1.82, 2.24) is 15.8 Å². The smallest absolute Gasteiger partial charge is 0.306 e. The highest BCUT2D eigenvalue weighted by Crippen LogP contribution is 2.21. The van der Waals surface area contributed by atoms with Crippen molar-refractivity contribution < 1.29 is 14.1 Å². The van der Waals surface area contributed by atoms with Crippen LogP contribution in [0.5, 0.6) is 0 Å². The van der Waals surface area contributed by atoms with Crippen molar-refractivity contribution in [3.05, 3.63) is 17.0 Å². The van der Waals surface area contributed by atoms with Crippen LogP contribution in [0.25, 0.3) is 0 Å². The molecule has 1 aromatic rings. The van der Waals surface area contributed by atoms with E-state index in [-0.39, 0.29) is 36.0 Å². The van der Waals surface area contributed by atoms with Crippen LogP contribution in [0.4, 0.5) is 0 Å². The summed E-state index contributed by atoms with van der Waals surface area (Å²) < 4.78 is 10.8. The monoisotopic (exact) mass is 492 g/mol. The molecule has 1 aliphatic rings. The van der Waals surface area contributed by atoms with Crippen LogP contribution in [0.15, 0.2) is 9.52 Å². The van der Waals surface area contributed by atoms with E-state index in [0.717, 1.165) is 49.1 Å². The molecule has 1 heterocycles. The van der Waals surface area contributed by atoms with Gasteiger partial charge in [0.15, 0.2) is 5.96 Å². The summed E-state index contributed by atoms with van der Waals surface area (Å²) in [6, 6.07) is 0. The van der Waals surface area contributed by atoms with E-state index >= 15 is 0 Å². The number of aryl methyl sites for hydroxylation is 2. The number of esters is 1. The fraction of sp³-hybridized carbons (Fsp3) is 0.737. The number of carbonyl (C=O) groups is 1. The van der Waals surface area contributed by atoms with Crippen molar-refractivity contribution in [1.29, 1.82) is 0 Å². The summed E-state index contributed by atoms with van der Waals surface area (Å²) in [4.78, 5) is 16.0. The molecule has 0 aromatic carbocycles. The van der Waals surface area contributed by atoms with Crippen LogP contribution in [0, 0.1) is 0 Å². The van der Waals surface area contributed by atoms with Gasteiger partial charge in [-0.05, 0) is 38.5 Å². The summed E-state index contributed by atoms with van der Waals surface area (Å²) in [6.07, 6.45) is 7.35. The zero-order valence-electron chi connectivity index (χ0n) is 16.7. The molecule has 27 heavy (non-hydrogen) atoms. The Morgan fingerprint density at radius 2 is 2.00 bits per heavy atom. The topological polar surface area (TPSA) is 88.8 Å². The lowest BCUT2D eigenvalue weighted by Gasteiger charge is -2.13. The van der Waals surface area contributed by atoms with Crippen LogP contribution in [-0.4, -0.2) is 36.8 Å². The molecule has 1 aromatic heterocycles. The third-order valence-corrected chi connectivity index (χ3v) is 4.71. The molecule has 0 aliphatic heterocycles. The molecule has 0 bridgehead atoms. The van der Waals surface area contributed by atoms with E-state index in [4.69, 9.17) is 9.26 Å². The van der Waals surface area contributed by atoms with E-state index in [1.54, 1.807) is 7.05 Å². The van der Waals surface area contributed by atoms with Crippen LogP contribution in [0.3, 0.4) is 0 Å². The predicted octanol–water partition coefficient (Wildman–Crippen LogP) is 3.35. The number of aliphatic imine (C=N–C) groups is 1. The van der Waals surface area contributed by atoms with Crippen molar-refractivity contribution in [3.8, 4) is 0 Å². The van der Waals surface area contributed by atoms with Gasteiger partial charge in [0.1, 0.15) is 11.9 Å². The van der Waals surface area contributed by atoms with E-state index in [0.29, 0.717) is 25.5 Å². The molecular formula is C19H33IN4O3. The number of hydrogen-bond acceptors (Lipinski definition) is 5. The first-order valence-corrected chi connectivity index (χ1v) is 9.78. The lowest BCUT2D eigenvalue weighted by atomic mass is 10.1. The normalized spacial score (nSPS) is 14.7. The molecular weight excluding hydrogens is 459 g/mol. The number of nitrogens with zero attached hydrogens (tertiary/aromatic N) is 2. The highest BCUT2D eigenvalue weighted by atomic mass is 127. The summed E-state index contributed by atoms with van der Waals surface area (Å²) in [6.45, 7) is 5.42. The van der Waals surface area contributed by atoms with Gasteiger partial charge in [0.25, 0.3) is 0 Å².